The molecule has 1 amide bonds. The van der Waals surface area contributed by atoms with E-state index in [9.17, 15) is 4.79 Å². The van der Waals surface area contributed by atoms with Crippen molar-refractivity contribution in [3.05, 3.63) is 35.4 Å². The van der Waals surface area contributed by atoms with Crippen LogP contribution in [0.25, 0.3) is 0 Å². The Labute approximate surface area is 157 Å². The number of nitrogens with two attached hydrogens (primary N) is 1. The molecule has 2 saturated carbocycles. The SMILES string of the molecule is CC1(CNC(=O)C2CC3CCCC(C2)C3N)Cc2ccccc2C1.Cl. The zero-order valence-electron chi connectivity index (χ0n) is 15.2. The van der Waals surface area contributed by atoms with Crippen LogP contribution in [0.15, 0.2) is 24.3 Å². The lowest BCUT2D eigenvalue weighted by Crippen LogP contribution is -2.50. The molecule has 2 fully saturated rings. The largest absolute Gasteiger partial charge is 0.355 e. The van der Waals surface area contributed by atoms with E-state index in [-0.39, 0.29) is 29.6 Å². The number of amides is 1. The first-order valence-corrected chi connectivity index (χ1v) is 9.64. The van der Waals surface area contributed by atoms with E-state index in [1.165, 1.54) is 30.4 Å². The molecular weight excluding hydrogens is 332 g/mol. The van der Waals surface area contributed by atoms with Crippen molar-refractivity contribution in [3.8, 4) is 0 Å². The predicted molar refractivity (Wildman–Crippen MR) is 104 cm³/mol. The van der Waals surface area contributed by atoms with E-state index in [4.69, 9.17) is 5.73 Å². The van der Waals surface area contributed by atoms with E-state index in [1.807, 2.05) is 0 Å². The highest BCUT2D eigenvalue weighted by Gasteiger charge is 2.41. The Morgan fingerprint density at radius 1 is 1.16 bits per heavy atom. The van der Waals surface area contributed by atoms with Crippen LogP contribution in [0, 0.1) is 23.2 Å². The minimum atomic E-state index is 0. The number of carbonyl (C=O) groups excluding carboxylic acids is 1. The van der Waals surface area contributed by atoms with Crippen molar-refractivity contribution in [1.82, 2.24) is 5.32 Å². The lowest BCUT2D eigenvalue weighted by Gasteiger charge is -2.43. The fraction of sp³-hybridized carbons (Fsp3) is 0.667. The van der Waals surface area contributed by atoms with Crippen LogP contribution in [0.3, 0.4) is 0 Å². The third kappa shape index (κ3) is 3.73. The molecule has 3 N–H and O–H groups in total. The molecule has 2 atom stereocenters. The molecule has 2 bridgehead atoms. The van der Waals surface area contributed by atoms with Gasteiger partial charge in [0.25, 0.3) is 0 Å². The van der Waals surface area contributed by atoms with E-state index < -0.39 is 0 Å². The summed E-state index contributed by atoms with van der Waals surface area (Å²) in [6.07, 6.45) is 7.88. The molecule has 0 radical (unpaired) electrons. The summed E-state index contributed by atoms with van der Waals surface area (Å²) in [4.78, 5) is 12.8. The van der Waals surface area contributed by atoms with Gasteiger partial charge in [0.15, 0.2) is 0 Å². The first-order valence-electron chi connectivity index (χ1n) is 9.64. The predicted octanol–water partition coefficient (Wildman–Crippen LogP) is 3.48. The van der Waals surface area contributed by atoms with Crippen LogP contribution in [0.5, 0.6) is 0 Å². The number of halogens is 1. The van der Waals surface area contributed by atoms with Gasteiger partial charge in [-0.05, 0) is 66.9 Å². The molecule has 4 heteroatoms. The van der Waals surface area contributed by atoms with Crippen LogP contribution in [0.2, 0.25) is 0 Å². The maximum atomic E-state index is 12.8. The normalized spacial score (nSPS) is 32.4. The molecule has 0 saturated heterocycles. The average molecular weight is 363 g/mol. The van der Waals surface area contributed by atoms with Crippen molar-refractivity contribution in [2.45, 2.75) is 57.9 Å². The van der Waals surface area contributed by atoms with Gasteiger partial charge in [-0.15, -0.1) is 12.4 Å². The fourth-order valence-electron chi connectivity index (χ4n) is 5.46. The second-order valence-electron chi connectivity index (χ2n) is 8.85. The standard InChI is InChI=1S/C21H30N2O.ClH/c1-21(11-16-5-2-3-6-17(16)12-21)13-23-20(24)18-9-14-7-4-8-15(10-18)19(14)22;/h2-3,5-6,14-15,18-19H,4,7-13,22H2,1H3,(H,23,24);1H. The number of hydrogen-bond acceptors (Lipinski definition) is 2. The van der Waals surface area contributed by atoms with E-state index in [2.05, 4.69) is 36.5 Å². The zero-order chi connectivity index (χ0) is 16.7. The molecule has 0 heterocycles. The van der Waals surface area contributed by atoms with Crippen molar-refractivity contribution in [1.29, 1.82) is 0 Å². The highest BCUT2D eigenvalue weighted by Crippen LogP contribution is 2.42. The molecule has 3 aliphatic rings. The van der Waals surface area contributed by atoms with Crippen molar-refractivity contribution in [3.63, 3.8) is 0 Å². The Morgan fingerprint density at radius 3 is 2.28 bits per heavy atom. The lowest BCUT2D eigenvalue weighted by atomic mass is 9.65. The lowest BCUT2D eigenvalue weighted by molar-refractivity contribution is -0.128. The summed E-state index contributed by atoms with van der Waals surface area (Å²) >= 11 is 0. The number of rotatable bonds is 3. The molecule has 3 aliphatic carbocycles. The summed E-state index contributed by atoms with van der Waals surface area (Å²) in [5, 5.41) is 3.29. The topological polar surface area (TPSA) is 55.1 Å². The fourth-order valence-corrected chi connectivity index (χ4v) is 5.46. The van der Waals surface area contributed by atoms with Crippen LogP contribution in [-0.2, 0) is 17.6 Å². The second-order valence-corrected chi connectivity index (χ2v) is 8.85. The average Bonchev–Trinajstić information content (AvgIpc) is 2.89. The monoisotopic (exact) mass is 362 g/mol. The maximum absolute atomic E-state index is 12.8. The van der Waals surface area contributed by atoms with E-state index in [1.54, 1.807) is 0 Å². The number of benzene rings is 1. The minimum Gasteiger partial charge on any atom is -0.355 e. The zero-order valence-corrected chi connectivity index (χ0v) is 16.0. The molecule has 3 nitrogen and oxygen atoms in total. The third-order valence-electron chi connectivity index (χ3n) is 6.83. The molecule has 0 aliphatic heterocycles. The van der Waals surface area contributed by atoms with Crippen LogP contribution in [0.1, 0.15) is 50.2 Å². The van der Waals surface area contributed by atoms with Gasteiger partial charge >= 0.3 is 0 Å². The van der Waals surface area contributed by atoms with Gasteiger partial charge in [-0.2, -0.15) is 0 Å². The molecule has 4 rings (SSSR count). The Balaban J connectivity index is 0.00000182. The van der Waals surface area contributed by atoms with Crippen LogP contribution < -0.4 is 11.1 Å². The number of nitrogens with one attached hydrogen (secondary N) is 1. The first kappa shape index (κ1) is 18.7. The van der Waals surface area contributed by atoms with Crippen molar-refractivity contribution in [2.24, 2.45) is 28.9 Å². The maximum Gasteiger partial charge on any atom is 0.223 e. The summed E-state index contributed by atoms with van der Waals surface area (Å²) in [5.41, 5.74) is 9.43. The smallest absolute Gasteiger partial charge is 0.223 e. The van der Waals surface area contributed by atoms with Gasteiger partial charge in [0.1, 0.15) is 0 Å². The summed E-state index contributed by atoms with van der Waals surface area (Å²) in [7, 11) is 0. The van der Waals surface area contributed by atoms with E-state index in [0.717, 1.165) is 32.2 Å². The molecular formula is C21H31ClN2O. The van der Waals surface area contributed by atoms with Gasteiger partial charge in [0.05, 0.1) is 0 Å². The quantitative estimate of drug-likeness (QED) is 0.864. The molecule has 2 unspecified atom stereocenters. The summed E-state index contributed by atoms with van der Waals surface area (Å²) in [5.74, 6) is 1.60. The third-order valence-corrected chi connectivity index (χ3v) is 6.83. The number of hydrogen-bond donors (Lipinski definition) is 2. The molecule has 1 aromatic carbocycles. The van der Waals surface area contributed by atoms with Gasteiger partial charge in [-0.1, -0.05) is 37.6 Å². The second kappa shape index (κ2) is 7.28. The summed E-state index contributed by atoms with van der Waals surface area (Å²) < 4.78 is 0. The highest BCUT2D eigenvalue weighted by atomic mass is 35.5. The van der Waals surface area contributed by atoms with Crippen LogP contribution in [0.4, 0.5) is 0 Å². The Bertz CT molecular complexity index is 593. The van der Waals surface area contributed by atoms with Gasteiger partial charge in [-0.25, -0.2) is 0 Å². The van der Waals surface area contributed by atoms with Crippen molar-refractivity contribution in [2.75, 3.05) is 6.54 Å². The molecule has 1 aromatic rings. The van der Waals surface area contributed by atoms with Crippen molar-refractivity contribution < 1.29 is 4.79 Å². The molecule has 138 valence electrons. The van der Waals surface area contributed by atoms with E-state index in [0.29, 0.717) is 17.9 Å². The van der Waals surface area contributed by atoms with E-state index >= 15 is 0 Å². The number of fused-ring (bicyclic) bond motifs is 3. The first-order chi connectivity index (χ1) is 11.5. The van der Waals surface area contributed by atoms with Gasteiger partial charge in [-0.3, -0.25) is 4.79 Å². The Kier molecular flexibility index (Phi) is 5.45. The van der Waals surface area contributed by atoms with Crippen LogP contribution >= 0.6 is 12.4 Å². The Morgan fingerprint density at radius 2 is 1.72 bits per heavy atom. The van der Waals surface area contributed by atoms with Crippen molar-refractivity contribution >= 4 is 18.3 Å². The minimum absolute atomic E-state index is 0. The molecule has 0 aromatic heterocycles. The van der Waals surface area contributed by atoms with Gasteiger partial charge in [0.2, 0.25) is 5.91 Å². The van der Waals surface area contributed by atoms with Crippen LogP contribution in [-0.4, -0.2) is 18.5 Å². The van der Waals surface area contributed by atoms with Gasteiger partial charge < -0.3 is 11.1 Å². The number of carbonyl (C=O) groups is 1. The summed E-state index contributed by atoms with van der Waals surface area (Å²) in [6, 6.07) is 9.03. The van der Waals surface area contributed by atoms with Gasteiger partial charge in [0, 0.05) is 18.5 Å². The Hall–Kier alpha value is -1.06. The highest BCUT2D eigenvalue weighted by molar-refractivity contribution is 5.85. The summed E-state index contributed by atoms with van der Waals surface area (Å²) in [6.45, 7) is 3.09. The molecule has 0 spiro atoms. The molecule has 25 heavy (non-hydrogen) atoms.